The first kappa shape index (κ1) is 16.2. The van der Waals surface area contributed by atoms with E-state index in [2.05, 4.69) is 14.7 Å². The summed E-state index contributed by atoms with van der Waals surface area (Å²) in [5.74, 6) is -1.15. The minimum atomic E-state index is -0.410. The number of hydrogen-bond acceptors (Lipinski definition) is 7. The van der Waals surface area contributed by atoms with Crippen molar-refractivity contribution in [1.82, 2.24) is 14.3 Å². The van der Waals surface area contributed by atoms with Gasteiger partial charge in [0.15, 0.2) is 0 Å². The Morgan fingerprint density at radius 1 is 1.29 bits per heavy atom. The number of nitrogens with one attached hydrogen (secondary N) is 1. The monoisotopic (exact) mass is 346 g/mol. The minimum absolute atomic E-state index is 0.238. The van der Waals surface area contributed by atoms with E-state index in [1.165, 1.54) is 29.4 Å². The van der Waals surface area contributed by atoms with Crippen molar-refractivity contribution in [3.8, 4) is 0 Å². The Morgan fingerprint density at radius 2 is 2.08 bits per heavy atom. The molecule has 0 atom stereocenters. The lowest BCUT2D eigenvalue weighted by atomic mass is 10.1. The van der Waals surface area contributed by atoms with Gasteiger partial charge in [-0.1, -0.05) is 0 Å². The van der Waals surface area contributed by atoms with E-state index in [0.29, 0.717) is 23.7 Å². The molecule has 124 valence electrons. The van der Waals surface area contributed by atoms with Crippen LogP contribution in [0.15, 0.2) is 24.5 Å². The first-order valence-corrected chi connectivity index (χ1v) is 7.96. The third-order valence-electron chi connectivity index (χ3n) is 3.54. The molecule has 1 aromatic carbocycles. The Balaban J connectivity index is 1.79. The standard InChI is InChI=1S/C15H14N4O4S/c1-23-6-2-5-19-13(21)10-4-3-9(7-11(10)14(19)22)12(20)18-15-16-8-17-24-15/h3-4,7-8H,2,5-6H2,1H3,(H,16,17,18,20). The molecule has 1 N–H and O–H groups in total. The fraction of sp³-hybridized carbons (Fsp3) is 0.267. The highest BCUT2D eigenvalue weighted by Crippen LogP contribution is 2.24. The molecule has 9 heteroatoms. The molecule has 3 amide bonds. The zero-order chi connectivity index (χ0) is 17.1. The molecule has 0 radical (unpaired) electrons. The normalized spacial score (nSPS) is 13.3. The second kappa shape index (κ2) is 6.85. The van der Waals surface area contributed by atoms with Crippen LogP contribution in [0, 0.1) is 0 Å². The van der Waals surface area contributed by atoms with Crippen molar-refractivity contribution in [2.45, 2.75) is 6.42 Å². The lowest BCUT2D eigenvalue weighted by molar-refractivity contribution is 0.0638. The third-order valence-corrected chi connectivity index (χ3v) is 4.12. The van der Waals surface area contributed by atoms with Crippen molar-refractivity contribution in [3.63, 3.8) is 0 Å². The van der Waals surface area contributed by atoms with Gasteiger partial charge in [-0.05, 0) is 24.6 Å². The second-order valence-electron chi connectivity index (χ2n) is 5.07. The minimum Gasteiger partial charge on any atom is -0.385 e. The molecule has 0 spiro atoms. The van der Waals surface area contributed by atoms with Crippen LogP contribution in [0.2, 0.25) is 0 Å². The van der Waals surface area contributed by atoms with E-state index in [0.717, 1.165) is 11.5 Å². The first-order chi connectivity index (χ1) is 11.6. The molecule has 0 bridgehead atoms. The maximum atomic E-state index is 12.4. The van der Waals surface area contributed by atoms with Gasteiger partial charge >= 0.3 is 0 Å². The number of anilines is 1. The van der Waals surface area contributed by atoms with Crippen LogP contribution in [0.1, 0.15) is 37.5 Å². The summed E-state index contributed by atoms with van der Waals surface area (Å²) in [5, 5.41) is 2.95. The number of nitrogens with zero attached hydrogens (tertiary/aromatic N) is 3. The molecule has 1 aliphatic heterocycles. The number of aromatic nitrogens is 2. The van der Waals surface area contributed by atoms with Crippen molar-refractivity contribution in [2.24, 2.45) is 0 Å². The summed E-state index contributed by atoms with van der Waals surface area (Å²) < 4.78 is 8.73. The van der Waals surface area contributed by atoms with Crippen molar-refractivity contribution in [1.29, 1.82) is 0 Å². The number of methoxy groups -OCH3 is 1. The fourth-order valence-electron chi connectivity index (χ4n) is 2.40. The maximum absolute atomic E-state index is 12.4. The number of ether oxygens (including phenoxy) is 1. The SMILES string of the molecule is COCCCN1C(=O)c2ccc(C(=O)Nc3ncns3)cc2C1=O. The van der Waals surface area contributed by atoms with Crippen LogP contribution in [0.5, 0.6) is 0 Å². The van der Waals surface area contributed by atoms with Crippen molar-refractivity contribution in [2.75, 3.05) is 25.6 Å². The van der Waals surface area contributed by atoms with Crippen molar-refractivity contribution >= 4 is 34.4 Å². The number of rotatable bonds is 6. The Labute approximate surface area is 141 Å². The van der Waals surface area contributed by atoms with Gasteiger partial charge in [0.25, 0.3) is 17.7 Å². The van der Waals surface area contributed by atoms with Crippen LogP contribution in [0.25, 0.3) is 0 Å². The smallest absolute Gasteiger partial charge is 0.261 e. The number of carbonyl (C=O) groups is 3. The molecule has 0 saturated carbocycles. The van der Waals surface area contributed by atoms with E-state index in [-0.39, 0.29) is 23.6 Å². The first-order valence-electron chi connectivity index (χ1n) is 7.19. The van der Waals surface area contributed by atoms with E-state index in [9.17, 15) is 14.4 Å². The summed E-state index contributed by atoms with van der Waals surface area (Å²) in [6, 6.07) is 4.45. The Morgan fingerprint density at radius 3 is 2.79 bits per heavy atom. The highest BCUT2D eigenvalue weighted by Gasteiger charge is 2.35. The van der Waals surface area contributed by atoms with Crippen molar-refractivity contribution < 1.29 is 19.1 Å². The molecular formula is C15H14N4O4S. The lowest BCUT2D eigenvalue weighted by Crippen LogP contribution is -2.31. The summed E-state index contributed by atoms with van der Waals surface area (Å²) >= 11 is 1.05. The molecule has 0 fully saturated rings. The van der Waals surface area contributed by atoms with Gasteiger partial charge in [-0.15, -0.1) is 0 Å². The number of fused-ring (bicyclic) bond motifs is 1. The number of benzene rings is 1. The van der Waals surface area contributed by atoms with E-state index in [4.69, 9.17) is 4.74 Å². The maximum Gasteiger partial charge on any atom is 0.261 e. The lowest BCUT2D eigenvalue weighted by Gasteiger charge is -2.12. The zero-order valence-corrected chi connectivity index (χ0v) is 13.6. The Kier molecular flexibility index (Phi) is 4.63. The third kappa shape index (κ3) is 3.03. The molecule has 0 aliphatic carbocycles. The summed E-state index contributed by atoms with van der Waals surface area (Å²) in [5.41, 5.74) is 0.830. The van der Waals surface area contributed by atoms with Gasteiger partial charge < -0.3 is 4.74 Å². The molecule has 0 unspecified atom stereocenters. The van der Waals surface area contributed by atoms with Gasteiger partial charge in [0, 0.05) is 37.4 Å². The molecule has 0 saturated heterocycles. The molecular weight excluding hydrogens is 332 g/mol. The van der Waals surface area contributed by atoms with E-state index >= 15 is 0 Å². The number of imide groups is 1. The largest absolute Gasteiger partial charge is 0.385 e. The predicted molar refractivity (Wildman–Crippen MR) is 86.2 cm³/mol. The van der Waals surface area contributed by atoms with Gasteiger partial charge in [-0.25, -0.2) is 4.98 Å². The van der Waals surface area contributed by atoms with Crippen LogP contribution in [0.4, 0.5) is 5.13 Å². The van der Waals surface area contributed by atoms with E-state index in [1.54, 1.807) is 7.11 Å². The van der Waals surface area contributed by atoms with Crippen LogP contribution in [-0.4, -0.2) is 52.2 Å². The molecule has 3 rings (SSSR count). The van der Waals surface area contributed by atoms with Crippen molar-refractivity contribution in [3.05, 3.63) is 41.2 Å². The van der Waals surface area contributed by atoms with E-state index in [1.807, 2.05) is 0 Å². The summed E-state index contributed by atoms with van der Waals surface area (Å²) in [6.07, 6.45) is 1.90. The molecule has 1 aliphatic rings. The number of amides is 3. The van der Waals surface area contributed by atoms with Gasteiger partial charge in [-0.2, -0.15) is 4.37 Å². The number of hydrogen-bond donors (Lipinski definition) is 1. The van der Waals surface area contributed by atoms with Crippen LogP contribution >= 0.6 is 11.5 Å². The zero-order valence-electron chi connectivity index (χ0n) is 12.8. The Hall–Kier alpha value is -2.65. The second-order valence-corrected chi connectivity index (χ2v) is 5.85. The van der Waals surface area contributed by atoms with Gasteiger partial charge in [0.05, 0.1) is 11.1 Å². The van der Waals surface area contributed by atoms with Gasteiger partial charge in [-0.3, -0.25) is 24.6 Å². The highest BCUT2D eigenvalue weighted by atomic mass is 32.1. The number of carbonyl (C=O) groups excluding carboxylic acids is 3. The molecule has 2 heterocycles. The summed E-state index contributed by atoms with van der Waals surface area (Å²) in [7, 11) is 1.56. The van der Waals surface area contributed by atoms with E-state index < -0.39 is 11.8 Å². The van der Waals surface area contributed by atoms with Gasteiger partial charge in [0.1, 0.15) is 6.33 Å². The summed E-state index contributed by atoms with van der Waals surface area (Å²) in [4.78, 5) is 41.9. The van der Waals surface area contributed by atoms with Gasteiger partial charge in [0.2, 0.25) is 5.13 Å². The quantitative estimate of drug-likeness (QED) is 0.627. The van der Waals surface area contributed by atoms with Crippen LogP contribution in [-0.2, 0) is 4.74 Å². The summed E-state index contributed by atoms with van der Waals surface area (Å²) in [6.45, 7) is 0.745. The highest BCUT2D eigenvalue weighted by molar-refractivity contribution is 7.09. The topological polar surface area (TPSA) is 101 Å². The van der Waals surface area contributed by atoms with Crippen LogP contribution < -0.4 is 5.32 Å². The molecule has 1 aromatic heterocycles. The molecule has 2 aromatic rings. The molecule has 24 heavy (non-hydrogen) atoms. The average Bonchev–Trinajstić information content (AvgIpc) is 3.17. The Bertz CT molecular complexity index is 791. The predicted octanol–water partition coefficient (Wildman–Crippen LogP) is 1.42. The average molecular weight is 346 g/mol. The fourth-order valence-corrected chi connectivity index (χ4v) is 2.83. The van der Waals surface area contributed by atoms with Crippen LogP contribution in [0.3, 0.4) is 0 Å². The molecule has 8 nitrogen and oxygen atoms in total.